The van der Waals surface area contributed by atoms with E-state index in [1.165, 1.54) is 28.2 Å². The molecule has 3 aromatic carbocycles. The van der Waals surface area contributed by atoms with E-state index < -0.39 is 30.6 Å². The maximum absolute atomic E-state index is 15.6. The van der Waals surface area contributed by atoms with Crippen molar-refractivity contribution < 1.29 is 36.7 Å². The van der Waals surface area contributed by atoms with Crippen LogP contribution in [-0.4, -0.2) is 96.8 Å². The van der Waals surface area contributed by atoms with Crippen LogP contribution in [-0.2, 0) is 40.4 Å². The number of alkyl halides is 2. The fourth-order valence-corrected chi connectivity index (χ4v) is 8.99. The maximum atomic E-state index is 15.6. The van der Waals surface area contributed by atoms with Crippen molar-refractivity contribution >= 4 is 41.0 Å². The molecule has 0 aliphatic carbocycles. The summed E-state index contributed by atoms with van der Waals surface area (Å²) in [6.45, 7) is 3.20. The molecule has 10 nitrogen and oxygen atoms in total. The first-order chi connectivity index (χ1) is 27.4. The van der Waals surface area contributed by atoms with E-state index in [4.69, 9.17) is 0 Å². The van der Waals surface area contributed by atoms with Crippen LogP contribution in [0.1, 0.15) is 82.0 Å². The van der Waals surface area contributed by atoms with Crippen molar-refractivity contribution in [3.05, 3.63) is 99.2 Å². The van der Waals surface area contributed by atoms with E-state index in [2.05, 4.69) is 28.3 Å². The second kappa shape index (κ2) is 17.3. The minimum absolute atomic E-state index is 0.201. The molecule has 4 aromatic rings. The molecule has 302 valence electrons. The van der Waals surface area contributed by atoms with Gasteiger partial charge in [-0.25, -0.2) is 17.6 Å². The first-order valence-electron chi connectivity index (χ1n) is 19.6. The largest absolute Gasteiger partial charge is 0.371 e. The molecule has 0 spiro atoms. The third-order valence-electron chi connectivity index (χ3n) is 11.9. The van der Waals surface area contributed by atoms with Crippen molar-refractivity contribution in [1.29, 1.82) is 0 Å². The third kappa shape index (κ3) is 8.68. The third-order valence-corrected chi connectivity index (χ3v) is 11.9. The molecule has 14 heteroatoms. The van der Waals surface area contributed by atoms with E-state index in [9.17, 15) is 28.0 Å². The lowest BCUT2D eigenvalue weighted by Crippen LogP contribution is -2.51. The number of anilines is 1. The van der Waals surface area contributed by atoms with Gasteiger partial charge in [-0.1, -0.05) is 24.3 Å². The number of halogens is 4. The quantitative estimate of drug-likeness (QED) is 0.112. The van der Waals surface area contributed by atoms with Crippen molar-refractivity contribution in [1.82, 2.24) is 25.0 Å². The fourth-order valence-electron chi connectivity index (χ4n) is 8.99. The van der Waals surface area contributed by atoms with Crippen LogP contribution in [0.3, 0.4) is 0 Å². The van der Waals surface area contributed by atoms with Crippen LogP contribution >= 0.6 is 0 Å². The molecule has 8 rings (SSSR count). The van der Waals surface area contributed by atoms with Crippen LogP contribution in [0.2, 0.25) is 0 Å². The monoisotopic (exact) mass is 788 g/mol. The van der Waals surface area contributed by atoms with E-state index in [0.29, 0.717) is 68.2 Å². The van der Waals surface area contributed by atoms with Gasteiger partial charge in [0.05, 0.1) is 18.6 Å². The maximum Gasteiger partial charge on any atom is 0.251 e. The van der Waals surface area contributed by atoms with Gasteiger partial charge in [0.1, 0.15) is 24.2 Å². The van der Waals surface area contributed by atoms with Crippen molar-refractivity contribution in [3.63, 3.8) is 0 Å². The number of hydrogen-bond donors (Lipinski definition) is 2. The van der Waals surface area contributed by atoms with Gasteiger partial charge in [0.15, 0.2) is 0 Å². The molecular weight excluding hydrogens is 741 g/mol. The molecule has 0 bridgehead atoms. The second-order valence-corrected chi connectivity index (χ2v) is 15.7. The number of aromatic amines is 1. The number of piperidine rings is 2. The molecule has 1 aromatic heterocycles. The molecule has 2 fully saturated rings. The highest BCUT2D eigenvalue weighted by molar-refractivity contribution is 6.00. The summed E-state index contributed by atoms with van der Waals surface area (Å²) in [5, 5.41) is 3.33. The number of benzene rings is 3. The molecule has 1 unspecified atom stereocenters. The second-order valence-electron chi connectivity index (χ2n) is 15.7. The Morgan fingerprint density at radius 3 is 2.30 bits per heavy atom. The topological polar surface area (TPSA) is 109 Å². The molecule has 57 heavy (non-hydrogen) atoms. The molecule has 5 heterocycles. The Bertz CT molecular complexity index is 2130. The molecule has 2 saturated heterocycles. The fraction of sp³-hybridized carbons (Fsp3) is 0.442. The van der Waals surface area contributed by atoms with Crippen LogP contribution in [0.15, 0.2) is 48.5 Å². The Kier molecular flexibility index (Phi) is 12.2. The van der Waals surface area contributed by atoms with E-state index in [0.717, 1.165) is 60.5 Å². The molecule has 4 aliphatic rings. The van der Waals surface area contributed by atoms with Crippen LogP contribution < -0.4 is 10.2 Å². The summed E-state index contributed by atoms with van der Waals surface area (Å²) in [6, 6.07) is 13.0. The van der Waals surface area contributed by atoms with Gasteiger partial charge in [-0.15, -0.1) is 0 Å². The number of rotatable bonds is 10. The van der Waals surface area contributed by atoms with Gasteiger partial charge in [0.25, 0.3) is 6.43 Å². The molecule has 0 radical (unpaired) electrons. The van der Waals surface area contributed by atoms with Gasteiger partial charge >= 0.3 is 0 Å². The van der Waals surface area contributed by atoms with Crippen LogP contribution in [0.4, 0.5) is 23.2 Å². The number of para-hydroxylation sites is 1. The lowest BCUT2D eigenvalue weighted by atomic mass is 9.91. The number of carbonyl (C=O) groups excluding carboxylic acids is 4. The van der Waals surface area contributed by atoms with Crippen LogP contribution in [0.5, 0.6) is 0 Å². The first-order valence-corrected chi connectivity index (χ1v) is 19.6. The van der Waals surface area contributed by atoms with Crippen LogP contribution in [0.25, 0.3) is 10.9 Å². The number of fused-ring (bicyclic) bond motifs is 4. The number of hydrogen-bond acceptors (Lipinski definition) is 8. The summed E-state index contributed by atoms with van der Waals surface area (Å²) in [7, 11) is 3.91. The Morgan fingerprint density at radius 2 is 1.63 bits per heavy atom. The SMILES string of the molecule is CN1Cc2cc(C=O)c(CN(C)C3CCC(=O)NC3=O)cc2C1.O=CCC1CCN(c2cc(F)c([C@@H]3c4[nH]c5ccccc5c4CCN3CC(F)F)c(F)c2)CC1. The highest BCUT2D eigenvalue weighted by Crippen LogP contribution is 2.41. The minimum Gasteiger partial charge on any atom is -0.371 e. The molecule has 2 N–H and O–H groups in total. The van der Waals surface area contributed by atoms with Crippen molar-refractivity contribution in [2.45, 2.75) is 76.7 Å². The number of imide groups is 1. The highest BCUT2D eigenvalue weighted by atomic mass is 19.3. The summed E-state index contributed by atoms with van der Waals surface area (Å²) in [5.41, 5.74) is 6.61. The smallest absolute Gasteiger partial charge is 0.251 e. The summed E-state index contributed by atoms with van der Waals surface area (Å²) >= 11 is 0. The molecule has 2 amide bonds. The molecule has 2 atom stereocenters. The van der Waals surface area contributed by atoms with Gasteiger partial charge in [0.2, 0.25) is 11.8 Å². The average Bonchev–Trinajstić information content (AvgIpc) is 3.74. The van der Waals surface area contributed by atoms with Gasteiger partial charge in [-0.2, -0.15) is 0 Å². The number of nitrogens with zero attached hydrogens (tertiary/aromatic N) is 4. The number of aromatic nitrogens is 1. The van der Waals surface area contributed by atoms with Crippen LogP contribution in [0, 0.1) is 17.6 Å². The van der Waals surface area contributed by atoms with E-state index >= 15 is 8.78 Å². The number of likely N-dealkylation sites (N-methyl/N-ethyl adjacent to an activating group) is 1. The normalized spacial score (nSPS) is 20.4. The molecule has 4 aliphatic heterocycles. The standard InChI is InChI=1S/C26H27F4N3O.C17H21N3O3/c27-20-13-17(32-9-5-16(6-10-32)8-12-34)14-21(28)24(20)26-25-19(7-11-33(26)15-23(29)30)18-3-1-2-4-22(18)31-25;1-19-7-11-5-13(14(10-21)6-12(11)8-19)9-20(2)15-3-4-16(22)18-17(15)23/h1-4,12-14,16,23,26,31H,5-11,15H2;5-6,10,15H,3-4,7-9H2,1-2H3,(H,18,22,23)/t26-;/m1./s1. The zero-order chi connectivity index (χ0) is 40.4. The zero-order valence-electron chi connectivity index (χ0n) is 32.2. The minimum atomic E-state index is -2.62. The number of carbonyl (C=O) groups is 4. The molecular formula is C43H48F4N6O4. The van der Waals surface area contributed by atoms with E-state index in [-0.39, 0.29) is 30.0 Å². The Labute approximate surface area is 329 Å². The number of amides is 2. The average molecular weight is 789 g/mol. The van der Waals surface area contributed by atoms with Gasteiger partial charge in [-0.3, -0.25) is 34.4 Å². The van der Waals surface area contributed by atoms with Crippen molar-refractivity contribution in [2.75, 3.05) is 45.2 Å². The predicted octanol–water partition coefficient (Wildman–Crippen LogP) is 6.15. The Hall–Kier alpha value is -4.92. The highest BCUT2D eigenvalue weighted by Gasteiger charge is 2.37. The molecule has 0 saturated carbocycles. The zero-order valence-corrected chi connectivity index (χ0v) is 32.2. The number of H-pyrrole nitrogens is 1. The summed E-state index contributed by atoms with van der Waals surface area (Å²) in [4.78, 5) is 56.2. The lowest BCUT2D eigenvalue weighted by molar-refractivity contribution is -0.137. The summed E-state index contributed by atoms with van der Waals surface area (Å²) < 4.78 is 58.0. The lowest BCUT2D eigenvalue weighted by Gasteiger charge is -2.37. The summed E-state index contributed by atoms with van der Waals surface area (Å²) in [6.07, 6.45) is 2.66. The van der Waals surface area contributed by atoms with E-state index in [1.54, 1.807) is 0 Å². The first kappa shape index (κ1) is 40.3. The Balaban J connectivity index is 0.000000188. The number of nitrogens with one attached hydrogen (secondary N) is 2. The predicted molar refractivity (Wildman–Crippen MR) is 208 cm³/mol. The van der Waals surface area contributed by atoms with Gasteiger partial charge in [0, 0.05) is 85.5 Å². The summed E-state index contributed by atoms with van der Waals surface area (Å²) in [5.74, 6) is -1.64. The number of aldehydes is 2. The van der Waals surface area contributed by atoms with Crippen molar-refractivity contribution in [2.24, 2.45) is 5.92 Å². The van der Waals surface area contributed by atoms with Gasteiger partial charge < -0.3 is 14.7 Å². The van der Waals surface area contributed by atoms with Gasteiger partial charge in [-0.05, 0) is 92.2 Å². The van der Waals surface area contributed by atoms with E-state index in [1.807, 2.05) is 47.2 Å². The van der Waals surface area contributed by atoms with Crippen molar-refractivity contribution in [3.8, 4) is 0 Å². The Morgan fingerprint density at radius 1 is 0.930 bits per heavy atom.